The van der Waals surface area contributed by atoms with Crippen LogP contribution in [0.2, 0.25) is 19.1 Å². The molecule has 2 aromatic rings. The normalized spacial score (nSPS) is 17.8. The van der Waals surface area contributed by atoms with Gasteiger partial charge in [-0.3, -0.25) is 0 Å². The van der Waals surface area contributed by atoms with Gasteiger partial charge < -0.3 is 9.74 Å². The highest BCUT2D eigenvalue weighted by Crippen LogP contribution is 2.29. The Labute approximate surface area is 179 Å². The lowest BCUT2D eigenvalue weighted by Gasteiger charge is -2.38. The molecule has 29 heavy (non-hydrogen) atoms. The van der Waals surface area contributed by atoms with Crippen LogP contribution in [0.3, 0.4) is 0 Å². The van der Waals surface area contributed by atoms with Gasteiger partial charge in [-0.15, -0.1) is 0 Å². The lowest BCUT2D eigenvalue weighted by Crippen LogP contribution is -2.51. The first-order valence-electron chi connectivity index (χ1n) is 11.4. The Morgan fingerprint density at radius 3 is 2.10 bits per heavy atom. The molecule has 1 aliphatic rings. The summed E-state index contributed by atoms with van der Waals surface area (Å²) in [6.45, 7) is 9.07. The van der Waals surface area contributed by atoms with Crippen LogP contribution in [-0.4, -0.2) is 20.5 Å². The second-order valence-electron chi connectivity index (χ2n) is 9.81. The Bertz CT molecular complexity index is 712. The van der Waals surface area contributed by atoms with E-state index in [1.165, 1.54) is 43.2 Å². The van der Waals surface area contributed by atoms with E-state index >= 15 is 0 Å². The lowest BCUT2D eigenvalue weighted by atomic mass is 9.90. The molecule has 0 radical (unpaired) electrons. The minimum Gasteiger partial charge on any atom is -0.417 e. The predicted octanol–water partition coefficient (Wildman–Crippen LogP) is 6.58. The molecule has 1 aliphatic carbocycles. The van der Waals surface area contributed by atoms with Crippen molar-refractivity contribution in [3.8, 4) is 0 Å². The standard InChI is InChI=1S/C26H39NOSi/c1-26(19-23-13-7-4-8-14-23,27-20-24-15-9-5-10-16-24)22-29(2,3)28-21-25-17-11-6-12-18-25/h4-5,7-10,13-16,25,27H,6,11-12,17-22H2,1-3H3/t26-/m1/s1. The molecule has 3 heteroatoms. The summed E-state index contributed by atoms with van der Waals surface area (Å²) in [4.78, 5) is 0. The summed E-state index contributed by atoms with van der Waals surface area (Å²) < 4.78 is 6.65. The fraction of sp³-hybridized carbons (Fsp3) is 0.538. The molecule has 0 bridgehead atoms. The van der Waals surface area contributed by atoms with Crippen molar-refractivity contribution in [1.82, 2.24) is 5.32 Å². The molecular weight excluding hydrogens is 370 g/mol. The van der Waals surface area contributed by atoms with Crippen molar-refractivity contribution in [2.75, 3.05) is 6.61 Å². The Balaban J connectivity index is 1.65. The largest absolute Gasteiger partial charge is 0.417 e. The van der Waals surface area contributed by atoms with Crippen molar-refractivity contribution in [1.29, 1.82) is 0 Å². The molecule has 0 heterocycles. The van der Waals surface area contributed by atoms with Gasteiger partial charge in [0.05, 0.1) is 0 Å². The van der Waals surface area contributed by atoms with E-state index in [1.54, 1.807) is 0 Å². The smallest absolute Gasteiger partial charge is 0.188 e. The molecule has 1 N–H and O–H groups in total. The molecule has 1 atom stereocenters. The van der Waals surface area contributed by atoms with Crippen LogP contribution in [0.4, 0.5) is 0 Å². The van der Waals surface area contributed by atoms with Crippen molar-refractivity contribution in [2.45, 2.75) is 76.7 Å². The molecule has 2 nitrogen and oxygen atoms in total. The topological polar surface area (TPSA) is 21.3 Å². The first-order chi connectivity index (χ1) is 13.9. The molecule has 0 aliphatic heterocycles. The summed E-state index contributed by atoms with van der Waals surface area (Å²) in [5, 5.41) is 3.91. The second kappa shape index (κ2) is 10.6. The summed E-state index contributed by atoms with van der Waals surface area (Å²) in [5.74, 6) is 0.785. The van der Waals surface area contributed by atoms with Gasteiger partial charge in [0.2, 0.25) is 0 Å². The van der Waals surface area contributed by atoms with Crippen LogP contribution in [0.5, 0.6) is 0 Å². The highest BCUT2D eigenvalue weighted by molar-refractivity contribution is 6.71. The average Bonchev–Trinajstić information content (AvgIpc) is 2.73. The third kappa shape index (κ3) is 7.73. The van der Waals surface area contributed by atoms with Crippen molar-refractivity contribution < 1.29 is 4.43 Å². The molecule has 1 saturated carbocycles. The van der Waals surface area contributed by atoms with Crippen molar-refractivity contribution in [3.63, 3.8) is 0 Å². The third-order valence-corrected chi connectivity index (χ3v) is 8.83. The minimum atomic E-state index is -1.78. The van der Waals surface area contributed by atoms with E-state index in [0.29, 0.717) is 0 Å². The Morgan fingerprint density at radius 1 is 0.897 bits per heavy atom. The molecular formula is C26H39NOSi. The number of rotatable bonds is 10. The van der Waals surface area contributed by atoms with E-state index in [1.807, 2.05) is 0 Å². The Morgan fingerprint density at radius 2 is 1.48 bits per heavy atom. The van der Waals surface area contributed by atoms with E-state index in [-0.39, 0.29) is 5.54 Å². The van der Waals surface area contributed by atoms with Crippen LogP contribution in [0.25, 0.3) is 0 Å². The molecule has 0 unspecified atom stereocenters. The van der Waals surface area contributed by atoms with E-state index in [4.69, 9.17) is 4.43 Å². The molecule has 3 rings (SSSR count). The monoisotopic (exact) mass is 409 g/mol. The van der Waals surface area contributed by atoms with Gasteiger partial charge in [0.15, 0.2) is 8.32 Å². The molecule has 1 fully saturated rings. The summed E-state index contributed by atoms with van der Waals surface area (Å²) in [5.41, 5.74) is 2.77. The van der Waals surface area contributed by atoms with Gasteiger partial charge in [0, 0.05) is 18.7 Å². The van der Waals surface area contributed by atoms with E-state index in [2.05, 4.69) is 86.0 Å². The maximum absolute atomic E-state index is 6.65. The lowest BCUT2D eigenvalue weighted by molar-refractivity contribution is 0.196. The van der Waals surface area contributed by atoms with Gasteiger partial charge >= 0.3 is 0 Å². The molecule has 158 valence electrons. The number of benzene rings is 2. The highest BCUT2D eigenvalue weighted by atomic mass is 28.4. The maximum Gasteiger partial charge on any atom is 0.188 e. The zero-order valence-electron chi connectivity index (χ0n) is 18.6. The molecule has 0 saturated heterocycles. The van der Waals surface area contributed by atoms with E-state index in [0.717, 1.165) is 31.5 Å². The van der Waals surface area contributed by atoms with Crippen molar-refractivity contribution >= 4 is 8.32 Å². The summed E-state index contributed by atoms with van der Waals surface area (Å²) >= 11 is 0. The highest BCUT2D eigenvalue weighted by Gasteiger charge is 2.35. The van der Waals surface area contributed by atoms with E-state index < -0.39 is 8.32 Å². The van der Waals surface area contributed by atoms with Gasteiger partial charge in [-0.25, -0.2) is 0 Å². The first kappa shape index (κ1) is 22.3. The fourth-order valence-electron chi connectivity index (χ4n) is 4.83. The number of nitrogens with one attached hydrogen (secondary N) is 1. The fourth-order valence-corrected chi connectivity index (χ4v) is 7.75. The van der Waals surface area contributed by atoms with Gasteiger partial charge in [-0.2, -0.15) is 0 Å². The van der Waals surface area contributed by atoms with Crippen molar-refractivity contribution in [3.05, 3.63) is 71.8 Å². The van der Waals surface area contributed by atoms with Crippen LogP contribution in [0.1, 0.15) is 50.2 Å². The van der Waals surface area contributed by atoms with Gasteiger partial charge in [0.1, 0.15) is 0 Å². The second-order valence-corrected chi connectivity index (χ2v) is 14.0. The zero-order chi connectivity index (χ0) is 20.6. The first-order valence-corrected chi connectivity index (χ1v) is 14.5. The number of hydrogen-bond acceptors (Lipinski definition) is 2. The Kier molecular flexibility index (Phi) is 8.11. The summed E-state index contributed by atoms with van der Waals surface area (Å²) in [6, 6.07) is 22.8. The van der Waals surface area contributed by atoms with Crippen molar-refractivity contribution in [2.24, 2.45) is 5.92 Å². The zero-order valence-corrected chi connectivity index (χ0v) is 19.6. The summed E-state index contributed by atoms with van der Waals surface area (Å²) in [7, 11) is -1.78. The van der Waals surface area contributed by atoms with Gasteiger partial charge in [-0.1, -0.05) is 79.9 Å². The SMILES string of the molecule is C[C@@](Cc1ccccc1)(C[Si](C)(C)OCC1CCCCC1)NCc1ccccc1. The van der Waals surface area contributed by atoms with Crippen LogP contribution >= 0.6 is 0 Å². The van der Waals surface area contributed by atoms with E-state index in [9.17, 15) is 0 Å². The number of hydrogen-bond donors (Lipinski definition) is 1. The third-order valence-electron chi connectivity index (χ3n) is 6.25. The molecule has 0 spiro atoms. The van der Waals surface area contributed by atoms with Gasteiger partial charge in [-0.05, 0) is 62.4 Å². The molecule has 2 aromatic carbocycles. The molecule has 0 aromatic heterocycles. The average molecular weight is 410 g/mol. The van der Waals surface area contributed by atoms with Crippen LogP contribution in [-0.2, 0) is 17.4 Å². The van der Waals surface area contributed by atoms with Crippen LogP contribution < -0.4 is 5.32 Å². The minimum absolute atomic E-state index is 0.0273. The Hall–Kier alpha value is -1.42. The van der Waals surface area contributed by atoms with Crippen LogP contribution in [0, 0.1) is 5.92 Å². The quantitative estimate of drug-likeness (QED) is 0.447. The van der Waals surface area contributed by atoms with Gasteiger partial charge in [0.25, 0.3) is 0 Å². The molecule has 0 amide bonds. The summed E-state index contributed by atoms with van der Waals surface area (Å²) in [6.07, 6.45) is 7.94. The maximum atomic E-state index is 6.65. The predicted molar refractivity (Wildman–Crippen MR) is 127 cm³/mol. The van der Waals surface area contributed by atoms with Crippen LogP contribution in [0.15, 0.2) is 60.7 Å².